The summed E-state index contributed by atoms with van der Waals surface area (Å²) in [6.07, 6.45) is 5.48. The normalized spacial score (nSPS) is 18.1. The van der Waals surface area contributed by atoms with Crippen LogP contribution in [0.4, 0.5) is 0 Å². The second kappa shape index (κ2) is 8.55. The Balaban J connectivity index is 1.67. The number of likely N-dealkylation sites (tertiary alicyclic amines) is 1. The fraction of sp³-hybridized carbons (Fsp3) is 0.684. The third-order valence-electron chi connectivity index (χ3n) is 4.65. The lowest BCUT2D eigenvalue weighted by Crippen LogP contribution is -2.32. The Hall–Kier alpha value is -0.860. The van der Waals surface area contributed by atoms with Crippen molar-refractivity contribution in [3.05, 3.63) is 35.4 Å². The van der Waals surface area contributed by atoms with Crippen molar-refractivity contribution in [1.82, 2.24) is 10.2 Å². The second-order valence-electron chi connectivity index (χ2n) is 6.75. The van der Waals surface area contributed by atoms with Crippen molar-refractivity contribution in [3.63, 3.8) is 0 Å². The van der Waals surface area contributed by atoms with E-state index in [1.54, 1.807) is 0 Å². The number of hydrogen-bond acceptors (Lipinski definition) is 2. The van der Waals surface area contributed by atoms with Crippen LogP contribution in [0, 0.1) is 0 Å². The molecule has 0 aromatic heterocycles. The van der Waals surface area contributed by atoms with Crippen molar-refractivity contribution in [2.45, 2.75) is 58.4 Å². The molecule has 1 aliphatic rings. The molecule has 1 fully saturated rings. The van der Waals surface area contributed by atoms with Crippen LogP contribution in [0.3, 0.4) is 0 Å². The predicted molar refractivity (Wildman–Crippen MR) is 91.9 cm³/mol. The minimum absolute atomic E-state index is 0.451. The van der Waals surface area contributed by atoms with Gasteiger partial charge in [-0.1, -0.05) is 44.5 Å². The molecular weight excluding hydrogens is 256 g/mol. The molecule has 1 saturated heterocycles. The van der Waals surface area contributed by atoms with Crippen LogP contribution in [-0.4, -0.2) is 31.1 Å². The van der Waals surface area contributed by atoms with Gasteiger partial charge >= 0.3 is 0 Å². The maximum atomic E-state index is 3.66. The molecule has 1 aromatic rings. The molecule has 0 amide bonds. The van der Waals surface area contributed by atoms with Crippen LogP contribution in [0.2, 0.25) is 0 Å². The zero-order valence-electron chi connectivity index (χ0n) is 14.1. The summed E-state index contributed by atoms with van der Waals surface area (Å²) in [6, 6.07) is 9.54. The van der Waals surface area contributed by atoms with Crippen LogP contribution >= 0.6 is 0 Å². The minimum atomic E-state index is 0.451. The number of rotatable bonds is 7. The van der Waals surface area contributed by atoms with Gasteiger partial charge in [0.1, 0.15) is 0 Å². The smallest absolute Gasteiger partial charge is 0.0291 e. The lowest BCUT2D eigenvalue weighted by molar-refractivity contribution is 0.225. The maximum Gasteiger partial charge on any atom is 0.0291 e. The molecule has 1 heterocycles. The predicted octanol–water partition coefficient (Wildman–Crippen LogP) is 4.34. The molecule has 2 heteroatoms. The van der Waals surface area contributed by atoms with Crippen molar-refractivity contribution < 1.29 is 0 Å². The maximum absolute atomic E-state index is 3.66. The Morgan fingerprint density at radius 1 is 0.952 bits per heavy atom. The molecule has 0 bridgehead atoms. The first-order valence-corrected chi connectivity index (χ1v) is 8.72. The Morgan fingerprint density at radius 3 is 2.19 bits per heavy atom. The zero-order valence-corrected chi connectivity index (χ0v) is 14.1. The van der Waals surface area contributed by atoms with Gasteiger partial charge in [-0.2, -0.15) is 0 Å². The molecule has 21 heavy (non-hydrogen) atoms. The lowest BCUT2D eigenvalue weighted by Gasteiger charge is -2.26. The summed E-state index contributed by atoms with van der Waals surface area (Å²) in [6.45, 7) is 11.8. The third kappa shape index (κ3) is 5.44. The highest BCUT2D eigenvalue weighted by Gasteiger charge is 2.10. The summed E-state index contributed by atoms with van der Waals surface area (Å²) >= 11 is 0. The topological polar surface area (TPSA) is 15.3 Å². The van der Waals surface area contributed by atoms with Crippen LogP contribution in [-0.2, 0) is 0 Å². The Labute approximate surface area is 130 Å². The summed E-state index contributed by atoms with van der Waals surface area (Å²) in [5.74, 6) is 0.617. The highest BCUT2D eigenvalue weighted by atomic mass is 15.1. The highest BCUT2D eigenvalue weighted by molar-refractivity contribution is 5.26. The highest BCUT2D eigenvalue weighted by Crippen LogP contribution is 2.18. The van der Waals surface area contributed by atoms with Gasteiger partial charge in [-0.3, -0.25) is 0 Å². The Morgan fingerprint density at radius 2 is 1.57 bits per heavy atom. The van der Waals surface area contributed by atoms with Crippen molar-refractivity contribution >= 4 is 0 Å². The summed E-state index contributed by atoms with van der Waals surface area (Å²) < 4.78 is 0. The van der Waals surface area contributed by atoms with Gasteiger partial charge in [-0.25, -0.2) is 0 Å². The van der Waals surface area contributed by atoms with E-state index >= 15 is 0 Å². The first kappa shape index (κ1) is 16.5. The van der Waals surface area contributed by atoms with Crippen molar-refractivity contribution in [2.24, 2.45) is 0 Å². The van der Waals surface area contributed by atoms with E-state index in [1.165, 1.54) is 56.4 Å². The number of nitrogens with zero attached hydrogens (tertiary/aromatic N) is 1. The van der Waals surface area contributed by atoms with Crippen molar-refractivity contribution in [1.29, 1.82) is 0 Å². The van der Waals surface area contributed by atoms with Crippen LogP contribution in [0.25, 0.3) is 0 Å². The standard InChI is InChI=1S/C19H32N2/c1-16(2)18-8-10-19(11-9-18)17(3)20-12-7-15-21-13-5-4-6-14-21/h8-11,16-17,20H,4-7,12-15H2,1-3H3. The van der Waals surface area contributed by atoms with E-state index < -0.39 is 0 Å². The molecule has 2 rings (SSSR count). The first-order chi connectivity index (χ1) is 10.2. The quantitative estimate of drug-likeness (QED) is 0.751. The van der Waals surface area contributed by atoms with E-state index in [0.29, 0.717) is 12.0 Å². The average Bonchev–Trinajstić information content (AvgIpc) is 2.52. The Kier molecular flexibility index (Phi) is 6.72. The first-order valence-electron chi connectivity index (χ1n) is 8.72. The van der Waals surface area contributed by atoms with E-state index in [4.69, 9.17) is 0 Å². The van der Waals surface area contributed by atoms with Crippen LogP contribution in [0.15, 0.2) is 24.3 Å². The molecule has 2 nitrogen and oxygen atoms in total. The summed E-state index contributed by atoms with van der Waals surface area (Å²) in [4.78, 5) is 2.62. The monoisotopic (exact) mass is 288 g/mol. The molecule has 0 spiro atoms. The van der Waals surface area contributed by atoms with Gasteiger partial charge in [0.05, 0.1) is 0 Å². The molecule has 118 valence electrons. The average molecular weight is 288 g/mol. The Bertz CT molecular complexity index is 391. The van der Waals surface area contributed by atoms with E-state index in [9.17, 15) is 0 Å². The molecule has 0 radical (unpaired) electrons. The molecule has 1 unspecified atom stereocenters. The molecular formula is C19H32N2. The van der Waals surface area contributed by atoms with Gasteiger partial charge in [0.25, 0.3) is 0 Å². The number of piperidine rings is 1. The molecule has 0 saturated carbocycles. The van der Waals surface area contributed by atoms with E-state index in [0.717, 1.165) is 6.54 Å². The van der Waals surface area contributed by atoms with Gasteiger partial charge < -0.3 is 10.2 Å². The largest absolute Gasteiger partial charge is 0.310 e. The zero-order chi connectivity index (χ0) is 15.1. The fourth-order valence-electron chi connectivity index (χ4n) is 3.09. The number of nitrogens with one attached hydrogen (secondary N) is 1. The lowest BCUT2D eigenvalue weighted by atomic mass is 9.99. The second-order valence-corrected chi connectivity index (χ2v) is 6.75. The summed E-state index contributed by atoms with van der Waals surface area (Å²) in [5.41, 5.74) is 2.83. The fourth-order valence-corrected chi connectivity index (χ4v) is 3.09. The van der Waals surface area contributed by atoms with Crippen LogP contribution < -0.4 is 5.32 Å². The molecule has 1 aromatic carbocycles. The SMILES string of the molecule is CC(C)c1ccc(C(C)NCCCN2CCCCC2)cc1. The molecule has 1 aliphatic heterocycles. The van der Waals surface area contributed by atoms with Crippen LogP contribution in [0.5, 0.6) is 0 Å². The van der Waals surface area contributed by atoms with Crippen molar-refractivity contribution in [2.75, 3.05) is 26.2 Å². The summed E-state index contributed by atoms with van der Waals surface area (Å²) in [5, 5.41) is 3.66. The molecule has 1 N–H and O–H groups in total. The summed E-state index contributed by atoms with van der Waals surface area (Å²) in [7, 11) is 0. The minimum Gasteiger partial charge on any atom is -0.310 e. The van der Waals surface area contributed by atoms with Gasteiger partial charge in [0.15, 0.2) is 0 Å². The van der Waals surface area contributed by atoms with Gasteiger partial charge in [-0.15, -0.1) is 0 Å². The number of hydrogen-bond donors (Lipinski definition) is 1. The van der Waals surface area contributed by atoms with Gasteiger partial charge in [0.2, 0.25) is 0 Å². The van der Waals surface area contributed by atoms with E-state index in [2.05, 4.69) is 55.3 Å². The van der Waals surface area contributed by atoms with Crippen molar-refractivity contribution in [3.8, 4) is 0 Å². The molecule has 0 aliphatic carbocycles. The van der Waals surface area contributed by atoms with Crippen LogP contribution in [0.1, 0.15) is 69.5 Å². The van der Waals surface area contributed by atoms with E-state index in [1.807, 2.05) is 0 Å². The van der Waals surface area contributed by atoms with Gasteiger partial charge in [0, 0.05) is 6.04 Å². The third-order valence-corrected chi connectivity index (χ3v) is 4.65. The van der Waals surface area contributed by atoms with E-state index in [-0.39, 0.29) is 0 Å². The van der Waals surface area contributed by atoms with Gasteiger partial charge in [-0.05, 0) is 69.4 Å². The number of benzene rings is 1. The molecule has 1 atom stereocenters.